The van der Waals surface area contributed by atoms with Crippen molar-refractivity contribution in [2.45, 2.75) is 152 Å². The van der Waals surface area contributed by atoms with Crippen molar-refractivity contribution in [1.29, 1.82) is 0 Å². The third kappa shape index (κ3) is 6.54. The molecule has 4 saturated carbocycles. The Bertz CT molecular complexity index is 1410. The van der Waals surface area contributed by atoms with Crippen molar-refractivity contribution < 1.29 is 34.1 Å². The molecule has 11 nitrogen and oxygen atoms in total. The number of ether oxygens (including phenoxy) is 1. The molecule has 276 valence electrons. The fourth-order valence-corrected chi connectivity index (χ4v) is 13.0. The van der Waals surface area contributed by atoms with E-state index < -0.39 is 5.97 Å². The summed E-state index contributed by atoms with van der Waals surface area (Å²) in [7, 11) is 0. The average molecular weight is 754 g/mol. The van der Waals surface area contributed by atoms with Gasteiger partial charge in [-0.15, -0.1) is 0 Å². The first kappa shape index (κ1) is 35.5. The van der Waals surface area contributed by atoms with Crippen LogP contribution in [-0.4, -0.2) is 66.5 Å². The molecule has 51 heavy (non-hydrogen) atoms. The number of carboxylic acids is 1. The predicted octanol–water partition coefficient (Wildman–Crippen LogP) is 3.36. The van der Waals surface area contributed by atoms with E-state index in [0.29, 0.717) is 71.8 Å². The molecule has 17 atom stereocenters. The van der Waals surface area contributed by atoms with Crippen LogP contribution in [0.2, 0.25) is 0 Å². The Labute approximate surface area is 316 Å². The van der Waals surface area contributed by atoms with Crippen LogP contribution in [-0.2, 0) is 19.5 Å². The number of hydrogen-bond acceptors (Lipinski definition) is 10. The molecule has 5 saturated heterocycles. The van der Waals surface area contributed by atoms with Gasteiger partial charge in [0, 0.05) is 25.4 Å². The molecule has 9 aliphatic rings. The molecule has 12 heteroatoms. The van der Waals surface area contributed by atoms with Gasteiger partial charge in [0.25, 0.3) is 0 Å². The second-order valence-electron chi connectivity index (χ2n) is 17.7. The maximum Gasteiger partial charge on any atom is 0.335 e. The molecule has 4 aliphatic carbocycles. The minimum absolute atomic E-state index is 0. The number of nitrogens with one attached hydrogen (secondary N) is 8. The molecule has 17 unspecified atom stereocenters. The largest absolute Gasteiger partial charge is 0.490 e. The summed E-state index contributed by atoms with van der Waals surface area (Å²) in [6, 6.07) is 7.09. The third-order valence-electron chi connectivity index (χ3n) is 15.2. The van der Waals surface area contributed by atoms with E-state index in [1.165, 1.54) is 77.0 Å². The zero-order chi connectivity index (χ0) is 33.3. The molecule has 8 bridgehead atoms. The van der Waals surface area contributed by atoms with Crippen LogP contribution in [0.4, 0.5) is 0 Å². The normalized spacial score (nSPS) is 48.7. The second-order valence-corrected chi connectivity index (χ2v) is 17.7. The summed E-state index contributed by atoms with van der Waals surface area (Å²) in [6.07, 6.45) is 21.1. The fourth-order valence-electron chi connectivity index (χ4n) is 13.0. The Morgan fingerprint density at radius 3 is 1.29 bits per heavy atom. The standard InChI is InChI=1S/C39H60N8O3.Zn/c48-39(49)20-9-7-10-21(19-20)50-29-18-8-17-28-30(29)38-46-36-27-16-6-5-15-26(27)34(44-36)42-32-23-12-2-1-11-22(23)31(40-32)41-33-24-13-3-4-14-25(24)35(43-33)45-37(28)47-38;/h7,9-10,19,22-38,40-47H,1-6,8,11-18H2,(H,48,49);. The van der Waals surface area contributed by atoms with Crippen molar-refractivity contribution in [2.75, 3.05) is 0 Å². The molecule has 5 aliphatic heterocycles. The van der Waals surface area contributed by atoms with E-state index in [1.807, 2.05) is 12.1 Å². The smallest absolute Gasteiger partial charge is 0.335 e. The van der Waals surface area contributed by atoms with E-state index in [-0.39, 0.29) is 61.7 Å². The van der Waals surface area contributed by atoms with Gasteiger partial charge in [0.2, 0.25) is 0 Å². The Balaban J connectivity index is 0.00000348. The molecule has 5 heterocycles. The minimum atomic E-state index is -0.912. The number of benzene rings is 1. The van der Waals surface area contributed by atoms with Crippen LogP contribution in [0.5, 0.6) is 5.75 Å². The van der Waals surface area contributed by atoms with Crippen LogP contribution in [0, 0.1) is 47.3 Å². The summed E-state index contributed by atoms with van der Waals surface area (Å²) in [4.78, 5) is 11.8. The first-order chi connectivity index (χ1) is 24.6. The maximum absolute atomic E-state index is 11.8. The van der Waals surface area contributed by atoms with Gasteiger partial charge in [-0.1, -0.05) is 44.6 Å². The van der Waals surface area contributed by atoms with Crippen molar-refractivity contribution in [3.8, 4) is 5.75 Å². The predicted molar refractivity (Wildman–Crippen MR) is 190 cm³/mol. The first-order valence-corrected chi connectivity index (χ1v) is 20.7. The Hall–Kier alpha value is -1.21. The molecule has 0 radical (unpaired) electrons. The monoisotopic (exact) mass is 752 g/mol. The molecular weight excluding hydrogens is 694 g/mol. The van der Waals surface area contributed by atoms with Gasteiger partial charge in [-0.3, -0.25) is 42.5 Å². The van der Waals surface area contributed by atoms with Crippen LogP contribution in [0.25, 0.3) is 0 Å². The summed E-state index contributed by atoms with van der Waals surface area (Å²) in [5, 5.41) is 43.3. The van der Waals surface area contributed by atoms with E-state index in [4.69, 9.17) is 4.74 Å². The summed E-state index contributed by atoms with van der Waals surface area (Å²) in [5.41, 5.74) is 0.281. The van der Waals surface area contributed by atoms with Crippen molar-refractivity contribution in [3.05, 3.63) is 29.8 Å². The van der Waals surface area contributed by atoms with E-state index in [1.54, 1.807) is 12.1 Å². The summed E-state index contributed by atoms with van der Waals surface area (Å²) < 4.78 is 6.81. The van der Waals surface area contributed by atoms with Crippen LogP contribution in [0.15, 0.2) is 24.3 Å². The molecular formula is C39H60N8O3Zn. The zero-order valence-electron chi connectivity index (χ0n) is 30.2. The number of hydrogen-bond donors (Lipinski definition) is 9. The average Bonchev–Trinajstić information content (AvgIpc) is 3.88. The molecule has 0 aromatic heterocycles. The van der Waals surface area contributed by atoms with Crippen molar-refractivity contribution >= 4 is 5.97 Å². The van der Waals surface area contributed by atoms with Gasteiger partial charge in [-0.25, -0.2) is 4.79 Å². The van der Waals surface area contributed by atoms with Crippen molar-refractivity contribution in [3.63, 3.8) is 0 Å². The number of aromatic carboxylic acids is 1. The number of rotatable bonds is 3. The van der Waals surface area contributed by atoms with Gasteiger partial charge >= 0.3 is 5.97 Å². The fraction of sp³-hybridized carbons (Fsp3) is 0.821. The Morgan fingerprint density at radius 1 is 0.510 bits per heavy atom. The molecule has 9 fully saturated rings. The number of carbonyl (C=O) groups is 1. The quantitative estimate of drug-likeness (QED) is 0.210. The summed E-state index contributed by atoms with van der Waals surface area (Å²) in [5.74, 6) is 4.26. The van der Waals surface area contributed by atoms with Gasteiger partial charge in [0.1, 0.15) is 11.9 Å². The molecule has 0 spiro atoms. The van der Waals surface area contributed by atoms with E-state index in [9.17, 15) is 9.90 Å². The van der Waals surface area contributed by atoms with Gasteiger partial charge in [0.05, 0.1) is 54.9 Å². The van der Waals surface area contributed by atoms with E-state index in [0.717, 1.165) is 19.3 Å². The van der Waals surface area contributed by atoms with E-state index >= 15 is 0 Å². The van der Waals surface area contributed by atoms with Gasteiger partial charge < -0.3 is 9.84 Å². The van der Waals surface area contributed by atoms with Gasteiger partial charge in [0.15, 0.2) is 0 Å². The topological polar surface area (TPSA) is 143 Å². The zero-order valence-corrected chi connectivity index (χ0v) is 33.2. The first-order valence-electron chi connectivity index (χ1n) is 20.7. The molecule has 0 amide bonds. The second kappa shape index (κ2) is 14.8. The maximum atomic E-state index is 11.8. The molecule has 9 N–H and O–H groups in total. The van der Waals surface area contributed by atoms with Crippen LogP contribution in [0.1, 0.15) is 107 Å². The Morgan fingerprint density at radius 2 is 0.882 bits per heavy atom. The molecule has 1 aromatic carbocycles. The van der Waals surface area contributed by atoms with Crippen LogP contribution in [0.3, 0.4) is 0 Å². The van der Waals surface area contributed by atoms with Crippen LogP contribution < -0.4 is 47.3 Å². The summed E-state index contributed by atoms with van der Waals surface area (Å²) in [6.45, 7) is 0. The van der Waals surface area contributed by atoms with Crippen LogP contribution >= 0.6 is 0 Å². The third-order valence-corrected chi connectivity index (χ3v) is 15.2. The van der Waals surface area contributed by atoms with Gasteiger partial charge in [-0.05, 0) is 117 Å². The van der Waals surface area contributed by atoms with E-state index in [2.05, 4.69) is 42.5 Å². The van der Waals surface area contributed by atoms with Crippen molar-refractivity contribution in [1.82, 2.24) is 42.5 Å². The summed E-state index contributed by atoms with van der Waals surface area (Å²) >= 11 is 0. The molecule has 10 rings (SSSR count). The minimum Gasteiger partial charge on any atom is -0.490 e. The van der Waals surface area contributed by atoms with Crippen molar-refractivity contribution in [2.24, 2.45) is 47.3 Å². The number of fused-ring (bicyclic) bond motifs is 20. The van der Waals surface area contributed by atoms with Gasteiger partial charge in [-0.2, -0.15) is 0 Å². The Kier molecular flexibility index (Phi) is 10.3. The number of carboxylic acid groups (broad SMARTS) is 1. The molecule has 1 aromatic rings. The SMILES string of the molecule is O=C(O)c1cccc(OC2CCCC3C4NC5NC(NC6NC(NC7NC(NC(N4)C23)C2CCCCC72)C2CCCCC62)C2CCCCC52)c1.[Zn].